The molecular weight excluding hydrogens is 282 g/mol. The van der Waals surface area contributed by atoms with Crippen molar-refractivity contribution in [2.24, 2.45) is 5.10 Å². The molecule has 2 aromatic rings. The van der Waals surface area contributed by atoms with Gasteiger partial charge in [-0.05, 0) is 19.1 Å². The van der Waals surface area contributed by atoms with Gasteiger partial charge in [0.2, 0.25) is 5.91 Å². The van der Waals surface area contributed by atoms with Crippen molar-refractivity contribution >= 4 is 23.2 Å². The number of rotatable bonds is 3. The molecule has 0 atom stereocenters. The van der Waals surface area contributed by atoms with Crippen molar-refractivity contribution in [2.45, 2.75) is 19.8 Å². The van der Waals surface area contributed by atoms with Gasteiger partial charge in [0.25, 0.3) is 5.91 Å². The fourth-order valence-electron chi connectivity index (χ4n) is 2.24. The molecule has 0 aliphatic carbocycles. The maximum absolute atomic E-state index is 12.1. The normalized spacial score (nSPS) is 14.2. The van der Waals surface area contributed by atoms with Gasteiger partial charge >= 0.3 is 0 Å². The van der Waals surface area contributed by atoms with Gasteiger partial charge < -0.3 is 10.3 Å². The van der Waals surface area contributed by atoms with Crippen LogP contribution in [-0.4, -0.2) is 27.5 Å². The average Bonchev–Trinajstić information content (AvgIpc) is 2.94. The van der Waals surface area contributed by atoms with E-state index in [2.05, 4.69) is 25.8 Å². The van der Waals surface area contributed by atoms with Gasteiger partial charge in [-0.25, -0.2) is 10.4 Å². The Bertz CT molecular complexity index is 763. The van der Waals surface area contributed by atoms with Crippen LogP contribution in [0.25, 0.3) is 11.3 Å². The van der Waals surface area contributed by atoms with Crippen molar-refractivity contribution in [3.05, 3.63) is 36.3 Å². The molecule has 22 heavy (non-hydrogen) atoms. The smallest absolute Gasteiger partial charge is 0.271 e. The van der Waals surface area contributed by atoms with Crippen molar-refractivity contribution in [3.8, 4) is 11.3 Å². The molecule has 1 aromatic heterocycles. The number of aromatic nitrogens is 2. The first-order chi connectivity index (χ1) is 10.6. The van der Waals surface area contributed by atoms with Crippen LogP contribution in [0, 0.1) is 6.92 Å². The Kier molecular flexibility index (Phi) is 3.69. The fourth-order valence-corrected chi connectivity index (χ4v) is 2.24. The number of hydrogen-bond acceptors (Lipinski definition) is 4. The summed E-state index contributed by atoms with van der Waals surface area (Å²) >= 11 is 0. The molecular formula is C15H15N5O2. The van der Waals surface area contributed by atoms with Gasteiger partial charge in [0.1, 0.15) is 5.71 Å². The number of anilines is 1. The molecule has 7 nitrogen and oxygen atoms in total. The molecule has 1 aromatic carbocycles. The number of carbonyl (C=O) groups is 2. The molecule has 2 heterocycles. The molecule has 0 saturated carbocycles. The number of nitrogens with zero attached hydrogens (tertiary/aromatic N) is 2. The zero-order valence-electron chi connectivity index (χ0n) is 12.0. The van der Waals surface area contributed by atoms with E-state index in [9.17, 15) is 9.59 Å². The molecule has 1 aliphatic heterocycles. The van der Waals surface area contributed by atoms with Gasteiger partial charge in [-0.15, -0.1) is 0 Å². The highest BCUT2D eigenvalue weighted by atomic mass is 16.2. The molecule has 1 aliphatic rings. The van der Waals surface area contributed by atoms with E-state index >= 15 is 0 Å². The predicted molar refractivity (Wildman–Crippen MR) is 82.2 cm³/mol. The Hall–Kier alpha value is -2.96. The zero-order valence-corrected chi connectivity index (χ0v) is 12.0. The van der Waals surface area contributed by atoms with E-state index in [4.69, 9.17) is 0 Å². The highest BCUT2D eigenvalue weighted by Crippen LogP contribution is 2.23. The van der Waals surface area contributed by atoms with Crippen LogP contribution in [0.1, 0.15) is 18.5 Å². The molecule has 0 bridgehead atoms. The summed E-state index contributed by atoms with van der Waals surface area (Å²) in [6, 6.07) is 7.43. The molecule has 2 amide bonds. The standard InChI is InChI=1S/C15H15N5O2/c1-9-14(17-8-16-9)10-3-2-4-11(7-10)18-15(22)12-5-6-13(21)20-19-12/h2-4,7-8H,5-6H2,1H3,(H,16,17)(H,18,22)(H,20,21). The first kappa shape index (κ1) is 14.0. The quantitative estimate of drug-likeness (QED) is 0.802. The second-order valence-corrected chi connectivity index (χ2v) is 5.00. The van der Waals surface area contributed by atoms with Crippen LogP contribution in [0.2, 0.25) is 0 Å². The fraction of sp³-hybridized carbons (Fsp3) is 0.200. The van der Waals surface area contributed by atoms with Gasteiger partial charge in [0, 0.05) is 29.8 Å². The van der Waals surface area contributed by atoms with Crippen molar-refractivity contribution in [1.82, 2.24) is 15.4 Å². The minimum atomic E-state index is -0.309. The number of aryl methyl sites for hydroxylation is 1. The number of hydrogen-bond donors (Lipinski definition) is 3. The highest BCUT2D eigenvalue weighted by molar-refractivity contribution is 6.43. The zero-order chi connectivity index (χ0) is 15.5. The van der Waals surface area contributed by atoms with Crippen LogP contribution in [0.5, 0.6) is 0 Å². The van der Waals surface area contributed by atoms with Crippen LogP contribution in [0.4, 0.5) is 5.69 Å². The van der Waals surface area contributed by atoms with Crippen LogP contribution in [-0.2, 0) is 9.59 Å². The first-order valence-corrected chi connectivity index (χ1v) is 6.90. The van der Waals surface area contributed by atoms with Crippen molar-refractivity contribution in [3.63, 3.8) is 0 Å². The molecule has 0 unspecified atom stereocenters. The summed E-state index contributed by atoms with van der Waals surface area (Å²) in [6.45, 7) is 1.94. The molecule has 112 valence electrons. The van der Waals surface area contributed by atoms with Crippen LogP contribution < -0.4 is 10.7 Å². The van der Waals surface area contributed by atoms with Gasteiger partial charge in [0.05, 0.1) is 12.0 Å². The molecule has 0 saturated heterocycles. The average molecular weight is 297 g/mol. The van der Waals surface area contributed by atoms with E-state index in [-0.39, 0.29) is 18.2 Å². The Labute approximate surface area is 126 Å². The second-order valence-electron chi connectivity index (χ2n) is 5.00. The van der Waals surface area contributed by atoms with Crippen molar-refractivity contribution in [2.75, 3.05) is 5.32 Å². The summed E-state index contributed by atoms with van der Waals surface area (Å²) in [4.78, 5) is 30.5. The maximum Gasteiger partial charge on any atom is 0.271 e. The minimum absolute atomic E-state index is 0.174. The summed E-state index contributed by atoms with van der Waals surface area (Å²) in [7, 11) is 0. The van der Waals surface area contributed by atoms with Crippen molar-refractivity contribution < 1.29 is 9.59 Å². The first-order valence-electron chi connectivity index (χ1n) is 6.90. The van der Waals surface area contributed by atoms with Crippen molar-refractivity contribution in [1.29, 1.82) is 0 Å². The number of aromatic amines is 1. The summed E-state index contributed by atoms with van der Waals surface area (Å²) in [5, 5.41) is 6.57. The highest BCUT2D eigenvalue weighted by Gasteiger charge is 2.18. The number of benzene rings is 1. The summed E-state index contributed by atoms with van der Waals surface area (Å²) in [5.41, 5.74) is 6.01. The number of hydrazone groups is 1. The molecule has 7 heteroatoms. The van der Waals surface area contributed by atoms with Gasteiger partial charge in [-0.2, -0.15) is 5.10 Å². The monoisotopic (exact) mass is 297 g/mol. The largest absolute Gasteiger partial charge is 0.348 e. The van der Waals surface area contributed by atoms with Crippen LogP contribution >= 0.6 is 0 Å². The number of imidazole rings is 1. The summed E-state index contributed by atoms with van der Waals surface area (Å²) in [5.74, 6) is -0.483. The molecule has 0 spiro atoms. The number of carbonyl (C=O) groups excluding carboxylic acids is 2. The third-order valence-electron chi connectivity index (χ3n) is 3.39. The molecule has 3 rings (SSSR count). The van der Waals surface area contributed by atoms with Crippen LogP contribution in [0.15, 0.2) is 35.7 Å². The Balaban J connectivity index is 1.77. The molecule has 0 fully saturated rings. The van der Waals surface area contributed by atoms with Gasteiger partial charge in [-0.1, -0.05) is 12.1 Å². The number of amides is 2. The Morgan fingerprint density at radius 3 is 2.86 bits per heavy atom. The topological polar surface area (TPSA) is 99.2 Å². The molecule has 0 radical (unpaired) electrons. The van der Waals surface area contributed by atoms with Gasteiger partial charge in [-0.3, -0.25) is 9.59 Å². The third kappa shape index (κ3) is 2.88. The Morgan fingerprint density at radius 1 is 1.32 bits per heavy atom. The van der Waals surface area contributed by atoms with E-state index in [0.717, 1.165) is 17.0 Å². The second kappa shape index (κ2) is 5.80. The van der Waals surface area contributed by atoms with Crippen LogP contribution in [0.3, 0.4) is 0 Å². The van der Waals surface area contributed by atoms with Gasteiger partial charge in [0.15, 0.2) is 0 Å². The summed E-state index contributed by atoms with van der Waals surface area (Å²) in [6.07, 6.45) is 2.25. The van der Waals surface area contributed by atoms with E-state index in [1.807, 2.05) is 25.1 Å². The van der Waals surface area contributed by atoms with E-state index in [0.29, 0.717) is 17.8 Å². The maximum atomic E-state index is 12.1. The van der Waals surface area contributed by atoms with E-state index in [1.165, 1.54) is 0 Å². The molecule has 3 N–H and O–H groups in total. The lowest BCUT2D eigenvalue weighted by Crippen LogP contribution is -2.32. The lowest BCUT2D eigenvalue weighted by atomic mass is 10.1. The SMILES string of the molecule is Cc1[nH]cnc1-c1cccc(NC(=O)C2=NNC(=O)CC2)c1. The number of H-pyrrole nitrogens is 1. The predicted octanol–water partition coefficient (Wildman–Crippen LogP) is 1.59. The van der Waals surface area contributed by atoms with E-state index in [1.54, 1.807) is 12.4 Å². The Morgan fingerprint density at radius 2 is 2.18 bits per heavy atom. The third-order valence-corrected chi connectivity index (χ3v) is 3.39. The number of nitrogens with one attached hydrogen (secondary N) is 3. The lowest BCUT2D eigenvalue weighted by Gasteiger charge is -2.12. The summed E-state index contributed by atoms with van der Waals surface area (Å²) < 4.78 is 0. The van der Waals surface area contributed by atoms with E-state index < -0.39 is 0 Å². The minimum Gasteiger partial charge on any atom is -0.348 e. The lowest BCUT2D eigenvalue weighted by molar-refractivity contribution is -0.121.